The van der Waals surface area contributed by atoms with Crippen LogP contribution in [0.3, 0.4) is 0 Å². The molecule has 0 saturated carbocycles. The molecule has 8 heteroatoms. The molecule has 0 atom stereocenters. The molecule has 1 aromatic rings. The van der Waals surface area contributed by atoms with Crippen molar-refractivity contribution >= 4 is 5.69 Å². The van der Waals surface area contributed by atoms with Crippen molar-refractivity contribution in [3.8, 4) is 0 Å². The van der Waals surface area contributed by atoms with E-state index in [9.17, 15) is 23.3 Å². The lowest BCUT2D eigenvalue weighted by Gasteiger charge is -2.32. The van der Waals surface area contributed by atoms with Crippen LogP contribution < -0.4 is 5.32 Å². The minimum atomic E-state index is -4.16. The summed E-state index contributed by atoms with van der Waals surface area (Å²) in [6.07, 6.45) is -2.95. The predicted octanol–water partition coefficient (Wildman–Crippen LogP) is 2.71. The lowest BCUT2D eigenvalue weighted by molar-refractivity contribution is -0.385. The third kappa shape index (κ3) is 4.96. The van der Waals surface area contributed by atoms with Crippen LogP contribution in [0.1, 0.15) is 18.4 Å². The lowest BCUT2D eigenvalue weighted by Crippen LogP contribution is -2.45. The van der Waals surface area contributed by atoms with Gasteiger partial charge in [-0.05, 0) is 25.9 Å². The number of nitro benzene ring substituents is 1. The topological polar surface area (TPSA) is 58.4 Å². The number of nitrogens with zero attached hydrogens (tertiary/aromatic N) is 2. The fraction of sp³-hybridized carbons (Fsp3) is 0.571. The van der Waals surface area contributed by atoms with Crippen LogP contribution in [0.5, 0.6) is 0 Å². The summed E-state index contributed by atoms with van der Waals surface area (Å²) in [6.45, 7) is 0.243. The average molecular weight is 317 g/mol. The van der Waals surface area contributed by atoms with E-state index in [0.717, 1.165) is 0 Å². The van der Waals surface area contributed by atoms with E-state index in [0.29, 0.717) is 38.0 Å². The van der Waals surface area contributed by atoms with Crippen LogP contribution in [0.15, 0.2) is 24.3 Å². The molecule has 5 nitrogen and oxygen atoms in total. The van der Waals surface area contributed by atoms with Crippen molar-refractivity contribution in [3.05, 3.63) is 39.9 Å². The number of nitro groups is 1. The van der Waals surface area contributed by atoms with Crippen LogP contribution in [0.4, 0.5) is 18.9 Å². The molecule has 1 heterocycles. The Labute approximate surface area is 126 Å². The number of alkyl halides is 3. The summed E-state index contributed by atoms with van der Waals surface area (Å²) in [6, 6.07) is 6.56. The number of nitrogens with one attached hydrogen (secondary N) is 1. The summed E-state index contributed by atoms with van der Waals surface area (Å²) in [5, 5.41) is 14.1. The number of hydrogen-bond acceptors (Lipinski definition) is 4. The quantitative estimate of drug-likeness (QED) is 0.670. The van der Waals surface area contributed by atoms with Gasteiger partial charge in [0.15, 0.2) is 0 Å². The number of likely N-dealkylation sites (tertiary alicyclic amines) is 1. The summed E-state index contributed by atoms with van der Waals surface area (Å²) in [5.41, 5.74) is 0.648. The van der Waals surface area contributed by atoms with Gasteiger partial charge in [-0.2, -0.15) is 13.2 Å². The fourth-order valence-electron chi connectivity index (χ4n) is 2.64. The molecule has 1 aliphatic heterocycles. The maximum Gasteiger partial charge on any atom is 0.401 e. The molecule has 0 radical (unpaired) electrons. The highest BCUT2D eigenvalue weighted by molar-refractivity contribution is 5.39. The maximum atomic E-state index is 12.3. The van der Waals surface area contributed by atoms with Crippen molar-refractivity contribution in [2.75, 3.05) is 19.6 Å². The second-order valence-electron chi connectivity index (χ2n) is 5.43. The Morgan fingerprint density at radius 1 is 1.27 bits per heavy atom. The second kappa shape index (κ2) is 7.06. The van der Waals surface area contributed by atoms with E-state index in [2.05, 4.69) is 5.32 Å². The summed E-state index contributed by atoms with van der Waals surface area (Å²) >= 11 is 0. The zero-order chi connectivity index (χ0) is 16.2. The molecule has 1 aliphatic rings. The molecule has 0 amide bonds. The van der Waals surface area contributed by atoms with Crippen LogP contribution in [0.25, 0.3) is 0 Å². The van der Waals surface area contributed by atoms with Crippen molar-refractivity contribution in [1.29, 1.82) is 0 Å². The van der Waals surface area contributed by atoms with Crippen LogP contribution >= 0.6 is 0 Å². The SMILES string of the molecule is O=[N+]([O-])c1ccccc1CNC1CCN(CC(F)(F)F)CC1. The molecule has 0 unspecified atom stereocenters. The number of benzene rings is 1. The van der Waals surface area contributed by atoms with Gasteiger partial charge in [-0.1, -0.05) is 18.2 Å². The molecule has 1 fully saturated rings. The van der Waals surface area contributed by atoms with Gasteiger partial charge in [-0.15, -0.1) is 0 Å². The largest absolute Gasteiger partial charge is 0.401 e. The van der Waals surface area contributed by atoms with Gasteiger partial charge in [-0.3, -0.25) is 15.0 Å². The molecule has 1 aromatic carbocycles. The van der Waals surface area contributed by atoms with E-state index in [1.807, 2.05) is 0 Å². The van der Waals surface area contributed by atoms with Crippen molar-refractivity contribution in [1.82, 2.24) is 10.2 Å². The van der Waals surface area contributed by atoms with E-state index in [1.54, 1.807) is 18.2 Å². The minimum Gasteiger partial charge on any atom is -0.310 e. The summed E-state index contributed by atoms with van der Waals surface area (Å²) in [4.78, 5) is 11.9. The van der Waals surface area contributed by atoms with Gasteiger partial charge < -0.3 is 5.32 Å². The Hall–Kier alpha value is -1.67. The van der Waals surface area contributed by atoms with E-state index >= 15 is 0 Å². The maximum absolute atomic E-state index is 12.3. The van der Waals surface area contributed by atoms with Crippen LogP contribution in [-0.2, 0) is 6.54 Å². The molecule has 0 aliphatic carbocycles. The minimum absolute atomic E-state index is 0.0597. The van der Waals surface area contributed by atoms with Crippen molar-refractivity contribution in [3.63, 3.8) is 0 Å². The van der Waals surface area contributed by atoms with Crippen LogP contribution in [-0.4, -0.2) is 41.7 Å². The highest BCUT2D eigenvalue weighted by atomic mass is 19.4. The lowest BCUT2D eigenvalue weighted by atomic mass is 10.0. The molecule has 22 heavy (non-hydrogen) atoms. The first-order chi connectivity index (χ1) is 10.3. The van der Waals surface area contributed by atoms with Gasteiger partial charge in [0, 0.05) is 24.2 Å². The van der Waals surface area contributed by atoms with Crippen molar-refractivity contribution in [2.24, 2.45) is 0 Å². The number of halogens is 3. The number of para-hydroxylation sites is 1. The van der Waals surface area contributed by atoms with Gasteiger partial charge in [-0.25, -0.2) is 0 Å². The molecule has 122 valence electrons. The van der Waals surface area contributed by atoms with E-state index in [4.69, 9.17) is 0 Å². The first-order valence-corrected chi connectivity index (χ1v) is 7.10. The number of rotatable bonds is 5. The van der Waals surface area contributed by atoms with Crippen LogP contribution in [0, 0.1) is 10.1 Å². The third-order valence-corrected chi connectivity index (χ3v) is 3.76. The van der Waals surface area contributed by atoms with Gasteiger partial charge in [0.1, 0.15) is 0 Å². The second-order valence-corrected chi connectivity index (χ2v) is 5.43. The monoisotopic (exact) mass is 317 g/mol. The Balaban J connectivity index is 1.81. The van der Waals surface area contributed by atoms with Gasteiger partial charge in [0.2, 0.25) is 0 Å². The number of piperidine rings is 1. The third-order valence-electron chi connectivity index (χ3n) is 3.76. The molecule has 2 rings (SSSR count). The van der Waals surface area contributed by atoms with E-state index in [-0.39, 0.29) is 11.7 Å². The Kier molecular flexibility index (Phi) is 5.36. The van der Waals surface area contributed by atoms with E-state index in [1.165, 1.54) is 11.0 Å². The molecular formula is C14H18F3N3O2. The van der Waals surface area contributed by atoms with Gasteiger partial charge >= 0.3 is 6.18 Å². The highest BCUT2D eigenvalue weighted by Crippen LogP contribution is 2.21. The normalized spacial score (nSPS) is 17.6. The predicted molar refractivity (Wildman–Crippen MR) is 75.5 cm³/mol. The van der Waals surface area contributed by atoms with Gasteiger partial charge in [0.25, 0.3) is 5.69 Å². The van der Waals surface area contributed by atoms with Crippen molar-refractivity contribution in [2.45, 2.75) is 31.6 Å². The Bertz CT molecular complexity index is 514. The highest BCUT2D eigenvalue weighted by Gasteiger charge is 2.32. The molecule has 1 saturated heterocycles. The molecule has 0 aromatic heterocycles. The first kappa shape index (κ1) is 16.7. The standard InChI is InChI=1S/C14H18F3N3O2/c15-14(16,17)10-19-7-5-12(6-8-19)18-9-11-3-1-2-4-13(11)20(21)22/h1-4,12,18H,5-10H2. The summed E-state index contributed by atoms with van der Waals surface area (Å²) < 4.78 is 36.9. The Morgan fingerprint density at radius 3 is 2.50 bits per heavy atom. The molecule has 1 N–H and O–H groups in total. The fourth-order valence-corrected chi connectivity index (χ4v) is 2.64. The van der Waals surface area contributed by atoms with E-state index < -0.39 is 17.6 Å². The zero-order valence-corrected chi connectivity index (χ0v) is 12.0. The summed E-state index contributed by atoms with van der Waals surface area (Å²) in [7, 11) is 0. The van der Waals surface area contributed by atoms with Crippen molar-refractivity contribution < 1.29 is 18.1 Å². The zero-order valence-electron chi connectivity index (χ0n) is 12.0. The Morgan fingerprint density at radius 2 is 1.91 bits per heavy atom. The molecule has 0 bridgehead atoms. The summed E-state index contributed by atoms with van der Waals surface area (Å²) in [5.74, 6) is 0. The average Bonchev–Trinajstić information content (AvgIpc) is 2.45. The number of hydrogen-bond donors (Lipinski definition) is 1. The van der Waals surface area contributed by atoms with Crippen LogP contribution in [0.2, 0.25) is 0 Å². The smallest absolute Gasteiger partial charge is 0.310 e. The van der Waals surface area contributed by atoms with Gasteiger partial charge in [0.05, 0.1) is 11.5 Å². The molecular weight excluding hydrogens is 299 g/mol. The first-order valence-electron chi connectivity index (χ1n) is 7.10. The molecule has 0 spiro atoms.